The number of nitrogens with one attached hydrogen (secondary N) is 1. The van der Waals surface area contributed by atoms with Crippen LogP contribution < -0.4 is 5.32 Å². The van der Waals surface area contributed by atoms with E-state index >= 15 is 0 Å². The molecule has 2 amide bonds. The van der Waals surface area contributed by atoms with Gasteiger partial charge in [0, 0.05) is 0 Å². The minimum Gasteiger partial charge on any atom is -0.336 e. The lowest BCUT2D eigenvalue weighted by Crippen LogP contribution is -2.51. The highest BCUT2D eigenvalue weighted by molar-refractivity contribution is 6.04. The van der Waals surface area contributed by atoms with E-state index in [4.69, 9.17) is 0 Å². The summed E-state index contributed by atoms with van der Waals surface area (Å²) < 4.78 is 0.419. The summed E-state index contributed by atoms with van der Waals surface area (Å²) in [5.41, 5.74) is -0.467. The van der Waals surface area contributed by atoms with Gasteiger partial charge in [0.2, 0.25) is 0 Å². The van der Waals surface area contributed by atoms with Crippen LogP contribution in [0.5, 0.6) is 0 Å². The highest BCUT2D eigenvalue weighted by Crippen LogP contribution is 2.28. The van der Waals surface area contributed by atoms with Crippen LogP contribution >= 0.6 is 0 Å². The molecule has 4 heteroatoms. The molecule has 0 aromatic carbocycles. The zero-order chi connectivity index (χ0) is 13.9. The van der Waals surface area contributed by atoms with Crippen molar-refractivity contribution in [3.05, 3.63) is 25.4 Å². The molecule has 2 fully saturated rings. The Kier molecular flexibility index (Phi) is 3.90. The van der Waals surface area contributed by atoms with Crippen LogP contribution in [0.1, 0.15) is 38.5 Å². The molecule has 2 unspecified atom stereocenters. The topological polar surface area (TPSA) is 56.1 Å². The lowest BCUT2D eigenvalue weighted by molar-refractivity contribution is -0.807. The maximum absolute atomic E-state index is 12.1. The van der Waals surface area contributed by atoms with Crippen molar-refractivity contribution in [2.45, 2.75) is 44.1 Å². The fourth-order valence-electron chi connectivity index (χ4n) is 2.93. The first-order chi connectivity index (χ1) is 9.08. The van der Waals surface area contributed by atoms with Crippen molar-refractivity contribution >= 4 is 11.8 Å². The van der Waals surface area contributed by atoms with Gasteiger partial charge in [-0.2, -0.15) is 0 Å². The van der Waals surface area contributed by atoms with Crippen molar-refractivity contribution in [3.8, 4) is 0 Å². The van der Waals surface area contributed by atoms with Gasteiger partial charge in [-0.1, -0.05) is 6.08 Å². The molecule has 2 rings (SSSR count). The first-order valence-electron chi connectivity index (χ1n) is 7.08. The molecule has 4 nitrogen and oxygen atoms in total. The van der Waals surface area contributed by atoms with E-state index in [2.05, 4.69) is 18.5 Å². The van der Waals surface area contributed by atoms with E-state index in [0.29, 0.717) is 16.8 Å². The number of amides is 2. The molecule has 2 saturated heterocycles. The van der Waals surface area contributed by atoms with E-state index in [1.807, 2.05) is 0 Å². The lowest BCUT2D eigenvalue weighted by atomic mass is 10.0. The Morgan fingerprint density at radius 1 is 1.26 bits per heavy atom. The molecule has 19 heavy (non-hydrogen) atoms. The second kappa shape index (κ2) is 5.29. The largest absolute Gasteiger partial charge is 0.336 e. The average molecular weight is 263 g/mol. The Hall–Kier alpha value is -1.42. The molecule has 0 aromatic rings. The highest BCUT2D eigenvalue weighted by Gasteiger charge is 2.50. The van der Waals surface area contributed by atoms with E-state index in [-0.39, 0.29) is 5.91 Å². The van der Waals surface area contributed by atoms with Gasteiger partial charge in [-0.15, -0.1) is 6.58 Å². The summed E-state index contributed by atoms with van der Waals surface area (Å²) in [5, 5.41) is 2.82. The SMILES string of the molecule is C=CC1(CCCC[N+]2(C=C)CCCCC2=O)NC1=O. The molecule has 0 aromatic heterocycles. The smallest absolute Gasteiger partial charge is 0.318 e. The van der Waals surface area contributed by atoms with Crippen molar-refractivity contribution < 1.29 is 14.1 Å². The predicted octanol–water partition coefficient (Wildman–Crippen LogP) is 1.88. The van der Waals surface area contributed by atoms with E-state index < -0.39 is 5.54 Å². The van der Waals surface area contributed by atoms with Gasteiger partial charge >= 0.3 is 5.91 Å². The van der Waals surface area contributed by atoms with Crippen LogP contribution in [-0.2, 0) is 9.59 Å². The first-order valence-corrected chi connectivity index (χ1v) is 7.08. The molecule has 0 bridgehead atoms. The Morgan fingerprint density at radius 2 is 2.00 bits per heavy atom. The molecule has 2 heterocycles. The maximum Gasteiger partial charge on any atom is 0.318 e. The molecule has 0 spiro atoms. The third-order valence-corrected chi connectivity index (χ3v) is 4.45. The van der Waals surface area contributed by atoms with Crippen molar-refractivity contribution in [1.82, 2.24) is 5.32 Å². The Balaban J connectivity index is 1.81. The fourth-order valence-corrected chi connectivity index (χ4v) is 2.93. The Labute approximate surface area is 114 Å². The van der Waals surface area contributed by atoms with Crippen molar-refractivity contribution in [2.75, 3.05) is 13.1 Å². The zero-order valence-electron chi connectivity index (χ0n) is 11.5. The van der Waals surface area contributed by atoms with Gasteiger partial charge in [0.05, 0.1) is 25.7 Å². The Bertz CT molecular complexity index is 418. The molecule has 2 atom stereocenters. The van der Waals surface area contributed by atoms with Crippen molar-refractivity contribution in [1.29, 1.82) is 0 Å². The number of hydrogen-bond donors (Lipinski definition) is 1. The highest BCUT2D eigenvalue weighted by atomic mass is 16.2. The molecule has 2 aliphatic heterocycles. The molecule has 2 aliphatic rings. The van der Waals surface area contributed by atoms with Crippen molar-refractivity contribution in [3.63, 3.8) is 0 Å². The van der Waals surface area contributed by atoms with Gasteiger partial charge < -0.3 is 5.32 Å². The number of carbonyl (C=O) groups excluding carboxylic acids is 2. The summed E-state index contributed by atoms with van der Waals surface area (Å²) in [6.07, 6.45) is 8.89. The minimum absolute atomic E-state index is 0.0733. The van der Waals surface area contributed by atoms with Crippen LogP contribution in [0, 0.1) is 0 Å². The number of rotatable bonds is 7. The summed E-state index contributed by atoms with van der Waals surface area (Å²) in [4.78, 5) is 23.3. The summed E-state index contributed by atoms with van der Waals surface area (Å²) in [5.74, 6) is 0.365. The monoisotopic (exact) mass is 263 g/mol. The second-order valence-corrected chi connectivity index (χ2v) is 5.60. The van der Waals surface area contributed by atoms with Crippen molar-refractivity contribution in [2.24, 2.45) is 0 Å². The molecular formula is C15H23N2O2+. The lowest BCUT2D eigenvalue weighted by Gasteiger charge is -2.35. The molecule has 104 valence electrons. The van der Waals surface area contributed by atoms with Gasteiger partial charge in [-0.3, -0.25) is 4.79 Å². The third kappa shape index (κ3) is 2.63. The number of likely N-dealkylation sites (tertiary alicyclic amines) is 1. The van der Waals surface area contributed by atoms with Crippen LogP contribution in [0.15, 0.2) is 25.4 Å². The van der Waals surface area contributed by atoms with Gasteiger partial charge in [0.15, 0.2) is 0 Å². The number of unbranched alkanes of at least 4 members (excludes halogenated alkanes) is 1. The van der Waals surface area contributed by atoms with Gasteiger partial charge in [-0.05, 0) is 38.7 Å². The van der Waals surface area contributed by atoms with Crippen LogP contribution in [0.25, 0.3) is 0 Å². The second-order valence-electron chi connectivity index (χ2n) is 5.60. The number of carbonyl (C=O) groups is 2. The van der Waals surface area contributed by atoms with E-state index in [1.54, 1.807) is 12.3 Å². The maximum atomic E-state index is 12.1. The summed E-state index contributed by atoms with van der Waals surface area (Å²) in [6.45, 7) is 9.23. The number of piperidine rings is 1. The Morgan fingerprint density at radius 3 is 2.53 bits per heavy atom. The van der Waals surface area contributed by atoms with E-state index in [0.717, 1.165) is 45.2 Å². The molecule has 1 N–H and O–H groups in total. The summed E-state index contributed by atoms with van der Waals surface area (Å²) in [6, 6.07) is 0. The fraction of sp³-hybridized carbons (Fsp3) is 0.600. The third-order valence-electron chi connectivity index (χ3n) is 4.45. The average Bonchev–Trinajstić information content (AvgIpc) is 3.08. The number of hydrogen-bond acceptors (Lipinski definition) is 2. The summed E-state index contributed by atoms with van der Waals surface area (Å²) >= 11 is 0. The normalized spacial score (nSPS) is 33.7. The number of quaternary nitrogens is 1. The molecule has 0 aliphatic carbocycles. The number of nitrogens with zero attached hydrogens (tertiary/aromatic N) is 1. The quantitative estimate of drug-likeness (QED) is 0.330. The van der Waals surface area contributed by atoms with Crippen LogP contribution in [0.4, 0.5) is 0 Å². The standard InChI is InChI=1S/C15H22N2O2/c1-3-15(14(19)16-15)10-6-8-12-17(4-2)11-7-5-9-13(17)18/h3-4H,1-2,5-12H2/p+1. The first kappa shape index (κ1) is 14.0. The molecular weight excluding hydrogens is 240 g/mol. The minimum atomic E-state index is -0.467. The van der Waals surface area contributed by atoms with Crippen LogP contribution in [0.3, 0.4) is 0 Å². The summed E-state index contributed by atoms with van der Waals surface area (Å²) in [7, 11) is 0. The predicted molar refractivity (Wildman–Crippen MR) is 74.0 cm³/mol. The van der Waals surface area contributed by atoms with Crippen LogP contribution in [0.2, 0.25) is 0 Å². The molecule has 0 saturated carbocycles. The van der Waals surface area contributed by atoms with Gasteiger partial charge in [0.25, 0.3) is 5.91 Å². The van der Waals surface area contributed by atoms with Gasteiger partial charge in [-0.25, -0.2) is 9.28 Å². The van der Waals surface area contributed by atoms with Crippen LogP contribution in [-0.4, -0.2) is 34.9 Å². The van der Waals surface area contributed by atoms with E-state index in [1.165, 1.54) is 0 Å². The zero-order valence-corrected chi connectivity index (χ0v) is 11.5. The van der Waals surface area contributed by atoms with E-state index in [9.17, 15) is 9.59 Å². The van der Waals surface area contributed by atoms with Gasteiger partial charge in [0.1, 0.15) is 5.54 Å². The molecule has 0 radical (unpaired) electrons.